The fraction of sp³-hybridized carbons (Fsp3) is 0.778. The minimum absolute atomic E-state index is 0.0421. The molecule has 0 aromatic rings. The molecular formula is C9H16O2. The van der Waals surface area contributed by atoms with E-state index in [2.05, 4.69) is 6.58 Å². The van der Waals surface area contributed by atoms with Gasteiger partial charge < -0.3 is 9.84 Å². The van der Waals surface area contributed by atoms with E-state index in [4.69, 9.17) is 4.74 Å². The van der Waals surface area contributed by atoms with Crippen LogP contribution in [0.25, 0.3) is 0 Å². The molecule has 2 nitrogen and oxygen atoms in total. The van der Waals surface area contributed by atoms with Gasteiger partial charge in [-0.2, -0.15) is 0 Å². The van der Waals surface area contributed by atoms with Crippen LogP contribution in [-0.2, 0) is 4.74 Å². The Hall–Kier alpha value is -0.340. The maximum atomic E-state index is 10.0. The molecule has 0 spiro atoms. The number of epoxide rings is 1. The van der Waals surface area contributed by atoms with Crippen LogP contribution >= 0.6 is 0 Å². The first-order valence-corrected chi connectivity index (χ1v) is 4.06. The lowest BCUT2D eigenvalue weighted by Crippen LogP contribution is -2.40. The van der Waals surface area contributed by atoms with Gasteiger partial charge in [0.15, 0.2) is 0 Å². The lowest BCUT2D eigenvalue weighted by Gasteiger charge is -2.29. The quantitative estimate of drug-likeness (QED) is 0.492. The van der Waals surface area contributed by atoms with Crippen LogP contribution in [0.5, 0.6) is 0 Å². The second kappa shape index (κ2) is 2.95. The van der Waals surface area contributed by atoms with Crippen LogP contribution in [0.15, 0.2) is 12.7 Å². The Kier molecular flexibility index (Phi) is 2.35. The van der Waals surface area contributed by atoms with Gasteiger partial charge in [-0.25, -0.2) is 0 Å². The molecule has 1 rings (SSSR count). The lowest BCUT2D eigenvalue weighted by atomic mass is 9.84. The number of aliphatic hydroxyl groups is 1. The van der Waals surface area contributed by atoms with Crippen LogP contribution in [0.3, 0.4) is 0 Å². The summed E-state index contributed by atoms with van der Waals surface area (Å²) >= 11 is 0. The van der Waals surface area contributed by atoms with Crippen LogP contribution in [0.4, 0.5) is 0 Å². The highest BCUT2D eigenvalue weighted by molar-refractivity contribution is 5.00. The van der Waals surface area contributed by atoms with Crippen molar-refractivity contribution in [2.75, 3.05) is 6.61 Å². The Morgan fingerprint density at radius 3 is 2.64 bits per heavy atom. The average molecular weight is 156 g/mol. The number of ether oxygens (including phenoxy) is 1. The van der Waals surface area contributed by atoms with Crippen LogP contribution < -0.4 is 0 Å². The Labute approximate surface area is 67.9 Å². The molecule has 1 fully saturated rings. The SMILES string of the molecule is C=CCC(O)(C(C)C)C1CO1. The third-order valence-electron chi connectivity index (χ3n) is 2.36. The first-order valence-electron chi connectivity index (χ1n) is 4.06. The topological polar surface area (TPSA) is 32.8 Å². The zero-order chi connectivity index (χ0) is 8.48. The second-order valence-corrected chi connectivity index (χ2v) is 3.46. The highest BCUT2D eigenvalue weighted by atomic mass is 16.6. The Morgan fingerprint density at radius 1 is 1.82 bits per heavy atom. The van der Waals surface area contributed by atoms with Crippen molar-refractivity contribution in [3.8, 4) is 0 Å². The highest BCUT2D eigenvalue weighted by Gasteiger charge is 2.46. The molecule has 0 amide bonds. The van der Waals surface area contributed by atoms with Gasteiger partial charge in [-0.15, -0.1) is 6.58 Å². The predicted molar refractivity (Wildman–Crippen MR) is 44.3 cm³/mol. The van der Waals surface area contributed by atoms with Crippen LogP contribution in [-0.4, -0.2) is 23.4 Å². The summed E-state index contributed by atoms with van der Waals surface area (Å²) in [6, 6.07) is 0. The summed E-state index contributed by atoms with van der Waals surface area (Å²) < 4.78 is 5.09. The third kappa shape index (κ3) is 1.63. The van der Waals surface area contributed by atoms with E-state index in [-0.39, 0.29) is 12.0 Å². The van der Waals surface area contributed by atoms with Crippen molar-refractivity contribution >= 4 is 0 Å². The number of hydrogen-bond acceptors (Lipinski definition) is 2. The normalized spacial score (nSPS) is 28.2. The molecule has 1 heterocycles. The van der Waals surface area contributed by atoms with E-state index < -0.39 is 5.60 Å². The summed E-state index contributed by atoms with van der Waals surface area (Å²) in [6.45, 7) is 8.33. The zero-order valence-corrected chi connectivity index (χ0v) is 7.21. The van der Waals surface area contributed by atoms with E-state index in [0.29, 0.717) is 13.0 Å². The van der Waals surface area contributed by atoms with Gasteiger partial charge in [0.1, 0.15) is 6.10 Å². The summed E-state index contributed by atoms with van der Waals surface area (Å²) in [5, 5.41) is 10.0. The largest absolute Gasteiger partial charge is 0.386 e. The molecule has 0 aromatic heterocycles. The smallest absolute Gasteiger partial charge is 0.110 e. The molecule has 1 aliphatic rings. The minimum atomic E-state index is -0.679. The number of hydrogen-bond donors (Lipinski definition) is 1. The molecule has 2 atom stereocenters. The first-order chi connectivity index (χ1) is 5.11. The van der Waals surface area contributed by atoms with Gasteiger partial charge >= 0.3 is 0 Å². The minimum Gasteiger partial charge on any atom is -0.386 e. The molecule has 0 radical (unpaired) electrons. The Morgan fingerprint density at radius 2 is 2.36 bits per heavy atom. The van der Waals surface area contributed by atoms with Crippen molar-refractivity contribution in [1.82, 2.24) is 0 Å². The third-order valence-corrected chi connectivity index (χ3v) is 2.36. The van der Waals surface area contributed by atoms with Crippen LogP contribution in [0.1, 0.15) is 20.3 Å². The predicted octanol–water partition coefficient (Wildman–Crippen LogP) is 1.35. The molecule has 1 aliphatic heterocycles. The summed E-state index contributed by atoms with van der Waals surface area (Å²) in [6.07, 6.45) is 2.41. The van der Waals surface area contributed by atoms with Crippen LogP contribution in [0, 0.1) is 5.92 Å². The summed E-state index contributed by atoms with van der Waals surface area (Å²) in [7, 11) is 0. The van der Waals surface area contributed by atoms with Gasteiger partial charge in [0.2, 0.25) is 0 Å². The molecule has 0 aliphatic carbocycles. The maximum Gasteiger partial charge on any atom is 0.110 e. The van der Waals surface area contributed by atoms with E-state index >= 15 is 0 Å². The maximum absolute atomic E-state index is 10.0. The molecule has 64 valence electrons. The molecule has 0 aromatic carbocycles. The molecule has 2 unspecified atom stereocenters. The molecular weight excluding hydrogens is 140 g/mol. The van der Waals surface area contributed by atoms with Gasteiger partial charge in [0.25, 0.3) is 0 Å². The molecule has 11 heavy (non-hydrogen) atoms. The Bertz CT molecular complexity index is 146. The summed E-state index contributed by atoms with van der Waals surface area (Å²) in [5.74, 6) is 0.230. The fourth-order valence-corrected chi connectivity index (χ4v) is 1.31. The van der Waals surface area contributed by atoms with Crippen molar-refractivity contribution in [3.05, 3.63) is 12.7 Å². The lowest BCUT2D eigenvalue weighted by molar-refractivity contribution is -0.0269. The zero-order valence-electron chi connectivity index (χ0n) is 7.21. The van der Waals surface area contributed by atoms with Crippen molar-refractivity contribution in [1.29, 1.82) is 0 Å². The van der Waals surface area contributed by atoms with Gasteiger partial charge in [-0.3, -0.25) is 0 Å². The second-order valence-electron chi connectivity index (χ2n) is 3.46. The fourth-order valence-electron chi connectivity index (χ4n) is 1.31. The molecule has 1 saturated heterocycles. The standard InChI is InChI=1S/C9H16O2/c1-4-5-9(10,7(2)3)8-6-11-8/h4,7-8,10H,1,5-6H2,2-3H3. The van der Waals surface area contributed by atoms with Gasteiger partial charge in [0, 0.05) is 0 Å². The molecule has 2 heteroatoms. The highest BCUT2D eigenvalue weighted by Crippen LogP contribution is 2.34. The van der Waals surface area contributed by atoms with Crippen molar-refractivity contribution in [2.45, 2.75) is 32.0 Å². The summed E-state index contributed by atoms with van der Waals surface area (Å²) in [5.41, 5.74) is -0.679. The van der Waals surface area contributed by atoms with Crippen molar-refractivity contribution in [2.24, 2.45) is 5.92 Å². The van der Waals surface area contributed by atoms with Gasteiger partial charge in [0.05, 0.1) is 12.2 Å². The van der Waals surface area contributed by atoms with E-state index in [0.717, 1.165) is 0 Å². The average Bonchev–Trinajstić information content (AvgIpc) is 2.68. The van der Waals surface area contributed by atoms with Crippen molar-refractivity contribution in [3.63, 3.8) is 0 Å². The molecule has 0 bridgehead atoms. The van der Waals surface area contributed by atoms with E-state index in [1.807, 2.05) is 13.8 Å². The van der Waals surface area contributed by atoms with Gasteiger partial charge in [-0.1, -0.05) is 19.9 Å². The van der Waals surface area contributed by atoms with Crippen LogP contribution in [0.2, 0.25) is 0 Å². The van der Waals surface area contributed by atoms with E-state index in [1.165, 1.54) is 0 Å². The monoisotopic (exact) mass is 156 g/mol. The molecule has 1 N–H and O–H groups in total. The Balaban J connectivity index is 2.60. The number of rotatable bonds is 4. The molecule has 0 saturated carbocycles. The van der Waals surface area contributed by atoms with E-state index in [9.17, 15) is 5.11 Å². The van der Waals surface area contributed by atoms with E-state index in [1.54, 1.807) is 6.08 Å². The first kappa shape index (κ1) is 8.75. The summed E-state index contributed by atoms with van der Waals surface area (Å²) in [4.78, 5) is 0. The van der Waals surface area contributed by atoms with Crippen molar-refractivity contribution < 1.29 is 9.84 Å². The van der Waals surface area contributed by atoms with Gasteiger partial charge in [-0.05, 0) is 12.3 Å².